The molecule has 1 N–H and O–H groups in total. The standard InChI is InChI=1S/C14H19N3O2/c1-10(2)7-12-14(19)16-8-13(18)17(12)9-11-3-5-15-6-4-11/h3-6,10,12H,7-9H2,1-2H3,(H,16,19). The molecule has 0 aromatic carbocycles. The van der Waals surface area contributed by atoms with Crippen LogP contribution >= 0.6 is 0 Å². The van der Waals surface area contributed by atoms with Crippen molar-refractivity contribution in [3.8, 4) is 0 Å². The maximum atomic E-state index is 12.0. The molecule has 2 amide bonds. The van der Waals surface area contributed by atoms with E-state index in [1.807, 2.05) is 12.1 Å². The lowest BCUT2D eigenvalue weighted by Crippen LogP contribution is -2.58. The number of piperazine rings is 1. The summed E-state index contributed by atoms with van der Waals surface area (Å²) in [6, 6.07) is 3.37. The maximum Gasteiger partial charge on any atom is 0.243 e. The first-order chi connectivity index (χ1) is 9.08. The molecule has 0 spiro atoms. The molecule has 0 radical (unpaired) electrons. The summed E-state index contributed by atoms with van der Waals surface area (Å²) < 4.78 is 0. The van der Waals surface area contributed by atoms with Gasteiger partial charge in [0.15, 0.2) is 0 Å². The number of carbonyl (C=O) groups excluding carboxylic acids is 2. The first-order valence-electron chi connectivity index (χ1n) is 6.54. The van der Waals surface area contributed by atoms with E-state index < -0.39 is 0 Å². The Morgan fingerprint density at radius 3 is 2.68 bits per heavy atom. The third-order valence-corrected chi connectivity index (χ3v) is 3.21. The van der Waals surface area contributed by atoms with Crippen molar-refractivity contribution >= 4 is 11.8 Å². The highest BCUT2D eigenvalue weighted by Crippen LogP contribution is 2.17. The van der Waals surface area contributed by atoms with Gasteiger partial charge in [0.2, 0.25) is 11.8 Å². The molecule has 5 heteroatoms. The van der Waals surface area contributed by atoms with E-state index in [9.17, 15) is 9.59 Å². The van der Waals surface area contributed by atoms with E-state index >= 15 is 0 Å². The Morgan fingerprint density at radius 2 is 2.05 bits per heavy atom. The van der Waals surface area contributed by atoms with Crippen LogP contribution in [0, 0.1) is 5.92 Å². The molecule has 102 valence electrons. The normalized spacial score (nSPS) is 19.7. The van der Waals surface area contributed by atoms with Gasteiger partial charge >= 0.3 is 0 Å². The molecule has 1 saturated heterocycles. The summed E-state index contributed by atoms with van der Waals surface area (Å²) in [4.78, 5) is 29.6. The Labute approximate surface area is 113 Å². The van der Waals surface area contributed by atoms with Gasteiger partial charge in [0.25, 0.3) is 0 Å². The molecule has 1 unspecified atom stereocenters. The fourth-order valence-electron chi connectivity index (χ4n) is 2.26. The van der Waals surface area contributed by atoms with Gasteiger partial charge in [-0.3, -0.25) is 14.6 Å². The predicted molar refractivity (Wildman–Crippen MR) is 71.0 cm³/mol. The average Bonchev–Trinajstić information content (AvgIpc) is 2.39. The number of hydrogen-bond acceptors (Lipinski definition) is 3. The minimum atomic E-state index is -0.366. The van der Waals surface area contributed by atoms with Crippen molar-refractivity contribution < 1.29 is 9.59 Å². The molecular formula is C14H19N3O2. The highest BCUT2D eigenvalue weighted by molar-refractivity contribution is 5.94. The van der Waals surface area contributed by atoms with Crippen molar-refractivity contribution in [2.24, 2.45) is 5.92 Å². The van der Waals surface area contributed by atoms with Gasteiger partial charge in [-0.1, -0.05) is 13.8 Å². The lowest BCUT2D eigenvalue weighted by atomic mass is 9.99. The number of nitrogens with one attached hydrogen (secondary N) is 1. The number of hydrogen-bond donors (Lipinski definition) is 1. The third kappa shape index (κ3) is 3.30. The van der Waals surface area contributed by atoms with E-state index in [1.54, 1.807) is 17.3 Å². The van der Waals surface area contributed by atoms with E-state index in [-0.39, 0.29) is 24.4 Å². The smallest absolute Gasteiger partial charge is 0.243 e. The van der Waals surface area contributed by atoms with Crippen molar-refractivity contribution in [3.05, 3.63) is 30.1 Å². The zero-order valence-corrected chi connectivity index (χ0v) is 11.3. The van der Waals surface area contributed by atoms with Crippen molar-refractivity contribution in [1.82, 2.24) is 15.2 Å². The van der Waals surface area contributed by atoms with Crippen LogP contribution < -0.4 is 5.32 Å². The van der Waals surface area contributed by atoms with E-state index in [0.717, 1.165) is 5.56 Å². The summed E-state index contributed by atoms with van der Waals surface area (Å²) >= 11 is 0. The molecule has 1 aliphatic heterocycles. The molecular weight excluding hydrogens is 242 g/mol. The van der Waals surface area contributed by atoms with Crippen LogP contribution in [0.2, 0.25) is 0 Å². The van der Waals surface area contributed by atoms with Gasteiger partial charge < -0.3 is 10.2 Å². The average molecular weight is 261 g/mol. The van der Waals surface area contributed by atoms with Crippen LogP contribution in [0.4, 0.5) is 0 Å². The Balaban J connectivity index is 2.17. The second kappa shape index (κ2) is 5.82. The molecule has 1 atom stereocenters. The fraction of sp³-hybridized carbons (Fsp3) is 0.500. The Hall–Kier alpha value is -1.91. The number of rotatable bonds is 4. The van der Waals surface area contributed by atoms with Crippen LogP contribution in [-0.4, -0.2) is 34.3 Å². The van der Waals surface area contributed by atoms with Gasteiger partial charge in [-0.25, -0.2) is 0 Å². The molecule has 1 aromatic heterocycles. The van der Waals surface area contributed by atoms with Crippen molar-refractivity contribution in [3.63, 3.8) is 0 Å². The van der Waals surface area contributed by atoms with Gasteiger partial charge in [0.1, 0.15) is 6.04 Å². The molecule has 0 aliphatic carbocycles. The summed E-state index contributed by atoms with van der Waals surface area (Å²) in [5.74, 6) is 0.283. The largest absolute Gasteiger partial charge is 0.345 e. The van der Waals surface area contributed by atoms with Crippen LogP contribution in [-0.2, 0) is 16.1 Å². The summed E-state index contributed by atoms with van der Waals surface area (Å²) in [6.45, 7) is 4.67. The number of pyridine rings is 1. The van der Waals surface area contributed by atoms with Crippen LogP contribution in [0.15, 0.2) is 24.5 Å². The molecule has 19 heavy (non-hydrogen) atoms. The van der Waals surface area contributed by atoms with Gasteiger partial charge in [0.05, 0.1) is 6.54 Å². The molecule has 1 aromatic rings. The first kappa shape index (κ1) is 13.5. The van der Waals surface area contributed by atoms with Crippen molar-refractivity contribution in [1.29, 1.82) is 0 Å². The molecule has 5 nitrogen and oxygen atoms in total. The minimum absolute atomic E-state index is 0.0259. The zero-order valence-electron chi connectivity index (χ0n) is 11.3. The SMILES string of the molecule is CC(C)CC1C(=O)NCC(=O)N1Cc1ccncc1. The van der Waals surface area contributed by atoms with Gasteiger partial charge in [-0.2, -0.15) is 0 Å². The molecule has 2 rings (SSSR count). The number of amides is 2. The van der Waals surface area contributed by atoms with E-state index in [4.69, 9.17) is 0 Å². The van der Waals surface area contributed by atoms with Crippen LogP contribution in [0.1, 0.15) is 25.8 Å². The number of aromatic nitrogens is 1. The topological polar surface area (TPSA) is 62.3 Å². The van der Waals surface area contributed by atoms with Crippen LogP contribution in [0.5, 0.6) is 0 Å². The van der Waals surface area contributed by atoms with Gasteiger partial charge in [0, 0.05) is 18.9 Å². The lowest BCUT2D eigenvalue weighted by molar-refractivity contribution is -0.146. The summed E-state index contributed by atoms with van der Waals surface area (Å²) in [6.07, 6.45) is 4.07. The predicted octanol–water partition coefficient (Wildman–Crippen LogP) is 0.955. The summed E-state index contributed by atoms with van der Waals surface area (Å²) in [5, 5.41) is 2.66. The third-order valence-electron chi connectivity index (χ3n) is 3.21. The second-order valence-electron chi connectivity index (χ2n) is 5.24. The summed E-state index contributed by atoms with van der Waals surface area (Å²) in [7, 11) is 0. The highest BCUT2D eigenvalue weighted by Gasteiger charge is 2.34. The molecule has 2 heterocycles. The molecule has 0 bridgehead atoms. The second-order valence-corrected chi connectivity index (χ2v) is 5.24. The van der Waals surface area contributed by atoms with E-state index in [0.29, 0.717) is 18.9 Å². The lowest BCUT2D eigenvalue weighted by Gasteiger charge is -2.35. The van der Waals surface area contributed by atoms with E-state index in [1.165, 1.54) is 0 Å². The summed E-state index contributed by atoms with van der Waals surface area (Å²) in [5.41, 5.74) is 0.992. The highest BCUT2D eigenvalue weighted by atomic mass is 16.2. The number of nitrogens with zero attached hydrogens (tertiary/aromatic N) is 2. The van der Waals surface area contributed by atoms with Gasteiger partial charge in [-0.05, 0) is 30.0 Å². The molecule has 0 saturated carbocycles. The van der Waals surface area contributed by atoms with Crippen molar-refractivity contribution in [2.45, 2.75) is 32.9 Å². The molecule has 1 fully saturated rings. The van der Waals surface area contributed by atoms with Gasteiger partial charge in [-0.15, -0.1) is 0 Å². The number of carbonyl (C=O) groups is 2. The Kier molecular flexibility index (Phi) is 4.14. The minimum Gasteiger partial charge on any atom is -0.345 e. The quantitative estimate of drug-likeness (QED) is 0.878. The Morgan fingerprint density at radius 1 is 1.37 bits per heavy atom. The fourth-order valence-corrected chi connectivity index (χ4v) is 2.26. The van der Waals surface area contributed by atoms with Crippen molar-refractivity contribution in [2.75, 3.05) is 6.54 Å². The monoisotopic (exact) mass is 261 g/mol. The molecule has 1 aliphatic rings. The first-order valence-corrected chi connectivity index (χ1v) is 6.54. The zero-order chi connectivity index (χ0) is 13.8. The maximum absolute atomic E-state index is 12.0. The van der Waals surface area contributed by atoms with E-state index in [2.05, 4.69) is 24.1 Å². The Bertz CT molecular complexity index is 459. The van der Waals surface area contributed by atoms with Crippen LogP contribution in [0.3, 0.4) is 0 Å². The van der Waals surface area contributed by atoms with Crippen LogP contribution in [0.25, 0.3) is 0 Å².